The van der Waals surface area contributed by atoms with E-state index in [4.69, 9.17) is 13.8 Å². The maximum absolute atomic E-state index is 12.3. The first-order chi connectivity index (χ1) is 27.1. The highest BCUT2D eigenvalue weighted by molar-refractivity contribution is 7.47. The molecule has 326 valence electrons. The number of ether oxygens (including phenoxy) is 1. The fourth-order valence-electron chi connectivity index (χ4n) is 5.93. The Bertz CT molecular complexity index is 1100. The molecule has 0 radical (unpaired) electrons. The van der Waals surface area contributed by atoms with Crippen molar-refractivity contribution in [2.24, 2.45) is 0 Å². The lowest BCUT2D eigenvalue weighted by molar-refractivity contribution is -0.147. The average molecular weight is 814 g/mol. The first-order valence-electron chi connectivity index (χ1n) is 22.0. The number of amides is 1. The number of phosphoric acid groups is 1. The summed E-state index contributed by atoms with van der Waals surface area (Å²) in [7, 11) is -4.76. The third kappa shape index (κ3) is 38.6. The topological polar surface area (TPSA) is 169 Å². The van der Waals surface area contributed by atoms with Crippen molar-refractivity contribution in [2.75, 3.05) is 19.8 Å². The van der Waals surface area contributed by atoms with Gasteiger partial charge in [-0.25, -0.2) is 9.36 Å². The molecule has 0 aliphatic heterocycles. The predicted molar refractivity (Wildman–Crippen MR) is 226 cm³/mol. The van der Waals surface area contributed by atoms with Gasteiger partial charge >= 0.3 is 19.8 Å². The summed E-state index contributed by atoms with van der Waals surface area (Å²) in [4.78, 5) is 45.9. The van der Waals surface area contributed by atoms with E-state index in [9.17, 15) is 34.1 Å². The number of hydrogen-bond donors (Lipinski definition) is 4. The molecule has 0 spiro atoms. The van der Waals surface area contributed by atoms with Crippen LogP contribution in [-0.4, -0.2) is 64.9 Å². The highest BCUT2D eigenvalue weighted by Crippen LogP contribution is 2.43. The van der Waals surface area contributed by atoms with Crippen LogP contribution in [0.5, 0.6) is 0 Å². The second-order valence-corrected chi connectivity index (χ2v) is 16.3. The summed E-state index contributed by atoms with van der Waals surface area (Å²) in [5.41, 5.74) is 0. The smallest absolute Gasteiger partial charge is 0.472 e. The van der Waals surface area contributed by atoms with E-state index in [1.165, 1.54) is 70.6 Å². The molecule has 0 bridgehead atoms. The largest absolute Gasteiger partial charge is 0.480 e. The molecule has 0 rings (SSSR count). The number of carboxylic acid groups (broad SMARTS) is 1. The summed E-state index contributed by atoms with van der Waals surface area (Å²) in [5.74, 6) is -2.39. The molecule has 12 heteroatoms. The van der Waals surface area contributed by atoms with Crippen molar-refractivity contribution in [3.63, 3.8) is 0 Å². The molecule has 4 N–H and O–H groups in total. The first kappa shape index (κ1) is 53.7. The van der Waals surface area contributed by atoms with E-state index in [1.54, 1.807) is 0 Å². The van der Waals surface area contributed by atoms with Gasteiger partial charge in [0, 0.05) is 12.8 Å². The van der Waals surface area contributed by atoms with Crippen molar-refractivity contribution in [1.29, 1.82) is 0 Å². The monoisotopic (exact) mass is 814 g/mol. The number of hydrogen-bond acceptors (Lipinski definition) is 8. The van der Waals surface area contributed by atoms with Gasteiger partial charge in [-0.15, -0.1) is 0 Å². The summed E-state index contributed by atoms with van der Waals surface area (Å²) in [5, 5.41) is 21.8. The molecule has 0 aromatic carbocycles. The van der Waals surface area contributed by atoms with E-state index in [1.807, 2.05) is 0 Å². The van der Waals surface area contributed by atoms with Gasteiger partial charge in [0.1, 0.15) is 12.7 Å². The number of rotatable bonds is 41. The lowest BCUT2D eigenvalue weighted by Crippen LogP contribution is -2.43. The van der Waals surface area contributed by atoms with Crippen LogP contribution in [0.15, 0.2) is 36.5 Å². The summed E-state index contributed by atoms with van der Waals surface area (Å²) < 4.78 is 26.8. The molecular weight excluding hydrogens is 733 g/mol. The minimum atomic E-state index is -4.76. The third-order valence-electron chi connectivity index (χ3n) is 9.40. The molecule has 0 fully saturated rings. The quantitative estimate of drug-likeness (QED) is 0.0202. The van der Waals surface area contributed by atoms with Crippen LogP contribution in [0, 0.1) is 0 Å². The van der Waals surface area contributed by atoms with Gasteiger partial charge in [-0.2, -0.15) is 0 Å². The van der Waals surface area contributed by atoms with Gasteiger partial charge in [-0.1, -0.05) is 147 Å². The molecule has 3 atom stereocenters. The van der Waals surface area contributed by atoms with Crippen LogP contribution in [0.1, 0.15) is 194 Å². The number of carbonyl (C=O) groups is 3. The van der Waals surface area contributed by atoms with Crippen molar-refractivity contribution < 1.29 is 47.8 Å². The number of unbranched alkanes of at least 4 members (excludes halogenated alkanes) is 21. The Hall–Kier alpha value is -2.30. The van der Waals surface area contributed by atoms with Crippen LogP contribution in [0.4, 0.5) is 0 Å². The Morgan fingerprint density at radius 3 is 1.50 bits per heavy atom. The maximum atomic E-state index is 12.3. The lowest BCUT2D eigenvalue weighted by Gasteiger charge is -2.18. The van der Waals surface area contributed by atoms with Gasteiger partial charge < -0.3 is 25.2 Å². The Labute approximate surface area is 340 Å². The second kappa shape index (κ2) is 39.5. The van der Waals surface area contributed by atoms with Gasteiger partial charge in [0.15, 0.2) is 6.04 Å². The van der Waals surface area contributed by atoms with Gasteiger partial charge in [-0.05, 0) is 70.6 Å². The molecule has 1 amide bonds. The Kier molecular flexibility index (Phi) is 37.9. The van der Waals surface area contributed by atoms with E-state index in [-0.39, 0.29) is 12.8 Å². The van der Waals surface area contributed by atoms with Gasteiger partial charge in [-0.3, -0.25) is 18.6 Å². The number of aliphatic hydroxyl groups excluding tert-OH is 1. The standard InChI is InChI=1S/C44H80NO10P/c1-3-5-7-9-11-13-15-17-19-20-22-23-25-27-29-31-33-35-42(47)45-41(44(49)50)39-55-56(51,52)54-38-40(46)37-53-43(48)36-34-32-30-28-26-24-21-18-16-14-12-10-8-6-4-2/h11,13,17-19,21,40-41,46H,3-10,12,14-16,20,22-39H2,1-2H3,(H,45,47)(H,49,50)(H,51,52)/b13-11-,19-17-,21-18-. The number of esters is 1. The lowest BCUT2D eigenvalue weighted by atomic mass is 10.1. The normalized spacial score (nSPS) is 14.1. The molecule has 0 aromatic rings. The van der Waals surface area contributed by atoms with E-state index >= 15 is 0 Å². The summed E-state index contributed by atoms with van der Waals surface area (Å²) in [6.45, 7) is 2.55. The number of phosphoric ester groups is 1. The highest BCUT2D eigenvalue weighted by atomic mass is 31.2. The van der Waals surface area contributed by atoms with Crippen molar-refractivity contribution in [2.45, 2.75) is 206 Å². The molecular formula is C44H80NO10P. The van der Waals surface area contributed by atoms with Gasteiger partial charge in [0.25, 0.3) is 0 Å². The van der Waals surface area contributed by atoms with E-state index in [0.29, 0.717) is 12.8 Å². The van der Waals surface area contributed by atoms with E-state index < -0.39 is 57.6 Å². The molecule has 0 aromatic heterocycles. The molecule has 0 heterocycles. The van der Waals surface area contributed by atoms with Gasteiger partial charge in [0.2, 0.25) is 5.91 Å². The Balaban J connectivity index is 3.93. The van der Waals surface area contributed by atoms with Crippen molar-refractivity contribution in [3.05, 3.63) is 36.5 Å². The molecule has 0 aliphatic carbocycles. The van der Waals surface area contributed by atoms with E-state index in [0.717, 1.165) is 83.5 Å². The third-order valence-corrected chi connectivity index (χ3v) is 10.4. The number of carbonyl (C=O) groups excluding carboxylic acids is 2. The maximum Gasteiger partial charge on any atom is 0.472 e. The minimum Gasteiger partial charge on any atom is -0.480 e. The summed E-state index contributed by atoms with van der Waals surface area (Å²) in [6, 6.07) is -1.55. The second-order valence-electron chi connectivity index (χ2n) is 14.9. The number of nitrogens with one attached hydrogen (secondary N) is 1. The van der Waals surface area contributed by atoms with Crippen LogP contribution in [0.2, 0.25) is 0 Å². The molecule has 3 unspecified atom stereocenters. The predicted octanol–water partition coefficient (Wildman–Crippen LogP) is 11.2. The molecule has 0 saturated carbocycles. The number of allylic oxidation sites excluding steroid dienone is 6. The van der Waals surface area contributed by atoms with Crippen LogP contribution >= 0.6 is 7.82 Å². The summed E-state index contributed by atoms with van der Waals surface area (Å²) in [6.07, 6.45) is 41.6. The molecule has 0 aliphatic rings. The minimum absolute atomic E-state index is 0.136. The zero-order chi connectivity index (χ0) is 41.4. The SMILES string of the molecule is CCCCC/C=C\C/C=C\CCCCCCCCCC(=O)NC(COP(=O)(O)OCC(O)COC(=O)CCCCCCC/C=C\CCCCCCCC)C(=O)O. The first-order valence-corrected chi connectivity index (χ1v) is 23.5. The Morgan fingerprint density at radius 2 is 0.982 bits per heavy atom. The van der Waals surface area contributed by atoms with Crippen molar-refractivity contribution >= 4 is 25.7 Å². The Morgan fingerprint density at radius 1 is 0.571 bits per heavy atom. The van der Waals surface area contributed by atoms with Crippen molar-refractivity contribution in [3.8, 4) is 0 Å². The zero-order valence-electron chi connectivity index (χ0n) is 35.2. The highest BCUT2D eigenvalue weighted by Gasteiger charge is 2.28. The summed E-state index contributed by atoms with van der Waals surface area (Å²) >= 11 is 0. The van der Waals surface area contributed by atoms with Crippen molar-refractivity contribution in [1.82, 2.24) is 5.32 Å². The molecule has 11 nitrogen and oxygen atoms in total. The number of aliphatic carboxylic acids is 1. The molecule has 56 heavy (non-hydrogen) atoms. The number of aliphatic hydroxyl groups is 1. The van der Waals surface area contributed by atoms with Crippen LogP contribution in [-0.2, 0) is 32.7 Å². The zero-order valence-corrected chi connectivity index (χ0v) is 36.1. The van der Waals surface area contributed by atoms with Crippen LogP contribution < -0.4 is 5.32 Å². The average Bonchev–Trinajstić information content (AvgIpc) is 3.17. The van der Waals surface area contributed by atoms with Crippen LogP contribution in [0.3, 0.4) is 0 Å². The van der Waals surface area contributed by atoms with Crippen LogP contribution in [0.25, 0.3) is 0 Å². The van der Waals surface area contributed by atoms with Gasteiger partial charge in [0.05, 0.1) is 13.2 Å². The number of carboxylic acids is 1. The van der Waals surface area contributed by atoms with E-state index in [2.05, 4.69) is 55.6 Å². The fourth-order valence-corrected chi connectivity index (χ4v) is 6.70. The molecule has 0 saturated heterocycles. The fraction of sp³-hybridized carbons (Fsp3) is 0.795.